The smallest absolute Gasteiger partial charge is 0.215 e. The van der Waals surface area contributed by atoms with Crippen LogP contribution in [0.1, 0.15) is 40.5 Å². The first-order chi connectivity index (χ1) is 9.58. The Balaban J connectivity index is 2.49. The number of aromatic nitrogens is 2. The number of hydrogen-bond donors (Lipinski definition) is 0. The Kier molecular flexibility index (Phi) is 4.23. The predicted molar refractivity (Wildman–Crippen MR) is 78.4 cm³/mol. The molecule has 2 aromatic rings. The van der Waals surface area contributed by atoms with Crippen LogP contribution in [0.3, 0.4) is 0 Å². The average molecular weight is 272 g/mol. The van der Waals surface area contributed by atoms with Crippen molar-refractivity contribution < 1.29 is 9.53 Å². The Bertz CT molecular complexity index is 629. The lowest BCUT2D eigenvalue weighted by Crippen LogP contribution is -2.13. The fourth-order valence-corrected chi connectivity index (χ4v) is 2.32. The molecule has 1 aromatic heterocycles. The molecule has 1 heterocycles. The van der Waals surface area contributed by atoms with Crippen molar-refractivity contribution >= 4 is 5.78 Å². The normalized spacial score (nSPS) is 10.6. The second-order valence-electron chi connectivity index (χ2n) is 4.93. The summed E-state index contributed by atoms with van der Waals surface area (Å²) in [6.45, 7) is 6.73. The van der Waals surface area contributed by atoms with E-state index in [4.69, 9.17) is 4.74 Å². The maximum Gasteiger partial charge on any atom is 0.215 e. The summed E-state index contributed by atoms with van der Waals surface area (Å²) in [4.78, 5) is 12.8. The van der Waals surface area contributed by atoms with Crippen molar-refractivity contribution in [3.63, 3.8) is 0 Å². The molecule has 20 heavy (non-hydrogen) atoms. The molecule has 106 valence electrons. The molecule has 0 spiro atoms. The van der Waals surface area contributed by atoms with Gasteiger partial charge >= 0.3 is 0 Å². The van der Waals surface area contributed by atoms with Crippen LogP contribution in [0.4, 0.5) is 0 Å². The number of carbonyl (C=O) groups excluding carboxylic acids is 1. The number of hydrogen-bond acceptors (Lipinski definition) is 3. The largest absolute Gasteiger partial charge is 0.493 e. The van der Waals surface area contributed by atoms with Crippen LogP contribution < -0.4 is 4.74 Å². The second-order valence-corrected chi connectivity index (χ2v) is 4.93. The van der Waals surface area contributed by atoms with Crippen molar-refractivity contribution in [2.75, 3.05) is 7.11 Å². The van der Waals surface area contributed by atoms with Crippen LogP contribution in [0.15, 0.2) is 24.4 Å². The highest BCUT2D eigenvalue weighted by atomic mass is 16.5. The van der Waals surface area contributed by atoms with Crippen molar-refractivity contribution in [1.82, 2.24) is 9.78 Å². The minimum atomic E-state index is -0.0368. The zero-order valence-electron chi connectivity index (χ0n) is 12.4. The maximum absolute atomic E-state index is 12.8. The molecule has 0 N–H and O–H groups in total. The van der Waals surface area contributed by atoms with E-state index in [1.807, 2.05) is 32.0 Å². The molecular formula is C16H20N2O2. The van der Waals surface area contributed by atoms with Crippen molar-refractivity contribution in [3.05, 3.63) is 46.8 Å². The van der Waals surface area contributed by atoms with Gasteiger partial charge in [-0.2, -0.15) is 5.10 Å². The zero-order chi connectivity index (χ0) is 14.7. The van der Waals surface area contributed by atoms with E-state index in [2.05, 4.69) is 12.0 Å². The van der Waals surface area contributed by atoms with Gasteiger partial charge in [0, 0.05) is 12.1 Å². The highest BCUT2D eigenvalue weighted by Crippen LogP contribution is 2.23. The molecule has 0 bridgehead atoms. The number of benzene rings is 1. The van der Waals surface area contributed by atoms with Crippen LogP contribution in [-0.4, -0.2) is 22.7 Å². The van der Waals surface area contributed by atoms with Gasteiger partial charge in [0.1, 0.15) is 0 Å². The van der Waals surface area contributed by atoms with Gasteiger partial charge < -0.3 is 4.74 Å². The minimum Gasteiger partial charge on any atom is -0.493 e. The fraction of sp³-hybridized carbons (Fsp3) is 0.375. The quantitative estimate of drug-likeness (QED) is 0.785. The summed E-state index contributed by atoms with van der Waals surface area (Å²) >= 11 is 0. The molecule has 4 heteroatoms. The molecule has 1 aromatic carbocycles. The first kappa shape index (κ1) is 14.3. The summed E-state index contributed by atoms with van der Waals surface area (Å²) < 4.78 is 7.00. The predicted octanol–water partition coefficient (Wildman–Crippen LogP) is 3.15. The Morgan fingerprint density at radius 2 is 2.10 bits per heavy atom. The van der Waals surface area contributed by atoms with Gasteiger partial charge in [0.25, 0.3) is 0 Å². The lowest BCUT2D eigenvalue weighted by molar-refractivity contribution is 0.102. The van der Waals surface area contributed by atoms with Gasteiger partial charge in [-0.05, 0) is 25.8 Å². The van der Waals surface area contributed by atoms with Gasteiger partial charge in [0.15, 0.2) is 11.4 Å². The van der Waals surface area contributed by atoms with E-state index in [0.29, 0.717) is 23.6 Å². The van der Waals surface area contributed by atoms with E-state index in [0.717, 1.165) is 17.5 Å². The Labute approximate surface area is 119 Å². The van der Waals surface area contributed by atoms with E-state index < -0.39 is 0 Å². The van der Waals surface area contributed by atoms with Crippen LogP contribution in [0.5, 0.6) is 5.75 Å². The molecule has 0 atom stereocenters. The number of ether oxygens (including phenoxy) is 1. The lowest BCUT2D eigenvalue weighted by Gasteiger charge is -2.10. The summed E-state index contributed by atoms with van der Waals surface area (Å²) in [5, 5.41) is 4.24. The van der Waals surface area contributed by atoms with Crippen molar-refractivity contribution in [1.29, 1.82) is 0 Å². The number of aryl methyl sites for hydroxylation is 3. The lowest BCUT2D eigenvalue weighted by atomic mass is 10.00. The number of rotatable bonds is 5. The van der Waals surface area contributed by atoms with Gasteiger partial charge in [-0.1, -0.05) is 30.7 Å². The number of ketones is 1. The highest BCUT2D eigenvalue weighted by Gasteiger charge is 2.21. The maximum atomic E-state index is 12.8. The minimum absolute atomic E-state index is 0.0368. The van der Waals surface area contributed by atoms with Gasteiger partial charge in [0.05, 0.1) is 13.3 Å². The molecule has 0 radical (unpaired) electrons. The summed E-state index contributed by atoms with van der Waals surface area (Å²) in [5.41, 5.74) is 3.35. The second kappa shape index (κ2) is 5.90. The summed E-state index contributed by atoms with van der Waals surface area (Å²) in [5.74, 6) is 0.494. The number of nitrogens with zero attached hydrogens (tertiary/aromatic N) is 2. The summed E-state index contributed by atoms with van der Waals surface area (Å²) in [6.07, 6.45) is 2.52. The topological polar surface area (TPSA) is 44.1 Å². The monoisotopic (exact) mass is 272 g/mol. The Morgan fingerprint density at radius 1 is 1.35 bits per heavy atom. The summed E-state index contributed by atoms with van der Waals surface area (Å²) in [7, 11) is 1.56. The van der Waals surface area contributed by atoms with E-state index in [1.54, 1.807) is 18.0 Å². The molecule has 0 fully saturated rings. The van der Waals surface area contributed by atoms with Crippen LogP contribution in [0.2, 0.25) is 0 Å². The van der Waals surface area contributed by atoms with Gasteiger partial charge in [-0.25, -0.2) is 0 Å². The third-order valence-corrected chi connectivity index (χ3v) is 3.30. The van der Waals surface area contributed by atoms with Gasteiger partial charge in [0.2, 0.25) is 5.78 Å². The molecule has 0 unspecified atom stereocenters. The Morgan fingerprint density at radius 3 is 2.70 bits per heavy atom. The Hall–Kier alpha value is -2.10. The molecule has 0 saturated heterocycles. The zero-order valence-corrected chi connectivity index (χ0v) is 12.4. The number of carbonyl (C=O) groups is 1. The fourth-order valence-electron chi connectivity index (χ4n) is 2.32. The molecule has 0 aliphatic heterocycles. The molecule has 0 aliphatic carbocycles. The van der Waals surface area contributed by atoms with E-state index in [-0.39, 0.29) is 5.78 Å². The van der Waals surface area contributed by atoms with Gasteiger partial charge in [-0.3, -0.25) is 9.48 Å². The first-order valence-electron chi connectivity index (χ1n) is 6.80. The van der Waals surface area contributed by atoms with Crippen LogP contribution in [0.25, 0.3) is 0 Å². The molecule has 0 saturated carbocycles. The molecule has 0 aliphatic rings. The highest BCUT2D eigenvalue weighted by molar-refractivity contribution is 6.10. The van der Waals surface area contributed by atoms with Crippen molar-refractivity contribution in [2.24, 2.45) is 0 Å². The molecular weight excluding hydrogens is 252 g/mol. The molecule has 0 amide bonds. The SMILES string of the molecule is CCCn1ncc(OC)c1C(=O)c1ccc(C)cc1C. The van der Waals surface area contributed by atoms with Crippen LogP contribution >= 0.6 is 0 Å². The van der Waals surface area contributed by atoms with Crippen LogP contribution in [0, 0.1) is 13.8 Å². The van der Waals surface area contributed by atoms with Crippen molar-refractivity contribution in [2.45, 2.75) is 33.7 Å². The van der Waals surface area contributed by atoms with E-state index >= 15 is 0 Å². The first-order valence-corrected chi connectivity index (χ1v) is 6.80. The third kappa shape index (κ3) is 2.59. The average Bonchev–Trinajstić information content (AvgIpc) is 2.81. The van der Waals surface area contributed by atoms with Crippen LogP contribution in [-0.2, 0) is 6.54 Å². The standard InChI is InChI=1S/C16H20N2O2/c1-5-8-18-15(14(20-4)10-17-18)16(19)13-7-6-11(2)9-12(13)3/h6-7,9-10H,5,8H2,1-4H3. The van der Waals surface area contributed by atoms with Crippen molar-refractivity contribution in [3.8, 4) is 5.75 Å². The summed E-state index contributed by atoms with van der Waals surface area (Å²) in [6, 6.07) is 5.84. The van der Waals surface area contributed by atoms with E-state index in [1.165, 1.54) is 0 Å². The van der Waals surface area contributed by atoms with Gasteiger partial charge in [-0.15, -0.1) is 0 Å². The third-order valence-electron chi connectivity index (χ3n) is 3.30. The molecule has 2 rings (SSSR count). The molecule has 4 nitrogen and oxygen atoms in total. The number of methoxy groups -OCH3 is 1. The van der Waals surface area contributed by atoms with E-state index in [9.17, 15) is 4.79 Å².